The Balaban J connectivity index is 2.84. The minimum Gasteiger partial charge on any atom is -0.481 e. The van der Waals surface area contributed by atoms with Crippen LogP contribution in [0.5, 0.6) is 0 Å². The van der Waals surface area contributed by atoms with E-state index in [4.69, 9.17) is 10.8 Å². The Kier molecular flexibility index (Phi) is 4.47. The standard InChI is InChI=1S/C13H19N3O3/c1-13(2,3)9(6-11(17)18)16-10-5-4-8(7-15-10)12(14)19/h4-5,7,9H,6H2,1-3H3,(H2,14,19)(H,15,16)(H,17,18). The number of carboxylic acids is 1. The summed E-state index contributed by atoms with van der Waals surface area (Å²) in [7, 11) is 0. The predicted molar refractivity (Wildman–Crippen MR) is 71.9 cm³/mol. The summed E-state index contributed by atoms with van der Waals surface area (Å²) in [6.45, 7) is 5.85. The van der Waals surface area contributed by atoms with Crippen molar-refractivity contribution in [2.75, 3.05) is 5.32 Å². The van der Waals surface area contributed by atoms with E-state index in [1.165, 1.54) is 6.20 Å². The van der Waals surface area contributed by atoms with Gasteiger partial charge in [-0.15, -0.1) is 0 Å². The van der Waals surface area contributed by atoms with Gasteiger partial charge in [-0.2, -0.15) is 0 Å². The molecule has 0 aliphatic carbocycles. The minimum absolute atomic E-state index is 0.0112. The summed E-state index contributed by atoms with van der Waals surface area (Å²) in [5, 5.41) is 12.0. The van der Waals surface area contributed by atoms with Gasteiger partial charge in [0, 0.05) is 12.2 Å². The van der Waals surface area contributed by atoms with Gasteiger partial charge in [0.15, 0.2) is 0 Å². The van der Waals surface area contributed by atoms with Crippen molar-refractivity contribution >= 4 is 17.7 Å². The minimum atomic E-state index is -0.874. The molecule has 0 aliphatic rings. The number of aliphatic carboxylic acids is 1. The molecule has 0 saturated carbocycles. The number of amides is 1. The van der Waals surface area contributed by atoms with Gasteiger partial charge in [0.1, 0.15) is 5.82 Å². The van der Waals surface area contributed by atoms with E-state index in [1.54, 1.807) is 12.1 Å². The fourth-order valence-electron chi connectivity index (χ4n) is 1.55. The van der Waals surface area contributed by atoms with E-state index in [0.717, 1.165) is 0 Å². The molecule has 1 heterocycles. The molecule has 104 valence electrons. The van der Waals surface area contributed by atoms with Crippen molar-refractivity contribution in [3.05, 3.63) is 23.9 Å². The summed E-state index contributed by atoms with van der Waals surface area (Å²) >= 11 is 0. The largest absolute Gasteiger partial charge is 0.481 e. The summed E-state index contributed by atoms with van der Waals surface area (Å²) in [6.07, 6.45) is 1.36. The van der Waals surface area contributed by atoms with Gasteiger partial charge in [0.05, 0.1) is 12.0 Å². The third kappa shape index (κ3) is 4.57. The summed E-state index contributed by atoms with van der Waals surface area (Å²) in [5.41, 5.74) is 5.21. The Morgan fingerprint density at radius 3 is 2.42 bits per heavy atom. The number of nitrogens with two attached hydrogens (primary N) is 1. The molecule has 0 aliphatic heterocycles. The maximum absolute atomic E-state index is 10.9. The molecule has 1 amide bonds. The van der Waals surface area contributed by atoms with Crippen molar-refractivity contribution in [2.24, 2.45) is 11.1 Å². The number of carbonyl (C=O) groups is 2. The van der Waals surface area contributed by atoms with Crippen LogP contribution >= 0.6 is 0 Å². The van der Waals surface area contributed by atoms with Gasteiger partial charge in [-0.1, -0.05) is 20.8 Å². The van der Waals surface area contributed by atoms with Crippen molar-refractivity contribution in [3.63, 3.8) is 0 Å². The Bertz CT molecular complexity index is 463. The van der Waals surface area contributed by atoms with Crippen LogP contribution in [0.2, 0.25) is 0 Å². The first-order chi connectivity index (χ1) is 8.70. The number of hydrogen-bond acceptors (Lipinski definition) is 4. The average Bonchev–Trinajstić information content (AvgIpc) is 2.27. The van der Waals surface area contributed by atoms with Crippen molar-refractivity contribution in [3.8, 4) is 0 Å². The highest BCUT2D eigenvalue weighted by atomic mass is 16.4. The van der Waals surface area contributed by atoms with E-state index >= 15 is 0 Å². The van der Waals surface area contributed by atoms with Gasteiger partial charge in [-0.3, -0.25) is 9.59 Å². The van der Waals surface area contributed by atoms with Crippen molar-refractivity contribution < 1.29 is 14.7 Å². The molecule has 0 fully saturated rings. The van der Waals surface area contributed by atoms with Crippen molar-refractivity contribution in [2.45, 2.75) is 33.2 Å². The van der Waals surface area contributed by atoms with Crippen LogP contribution in [0.15, 0.2) is 18.3 Å². The fraction of sp³-hybridized carbons (Fsp3) is 0.462. The lowest BCUT2D eigenvalue weighted by Crippen LogP contribution is -2.36. The molecule has 4 N–H and O–H groups in total. The fourth-order valence-corrected chi connectivity index (χ4v) is 1.55. The van der Waals surface area contributed by atoms with Gasteiger partial charge >= 0.3 is 5.97 Å². The lowest BCUT2D eigenvalue weighted by Gasteiger charge is -2.30. The maximum Gasteiger partial charge on any atom is 0.305 e. The number of primary amides is 1. The highest BCUT2D eigenvalue weighted by Gasteiger charge is 2.27. The highest BCUT2D eigenvalue weighted by molar-refractivity contribution is 5.92. The molecule has 6 nitrogen and oxygen atoms in total. The first-order valence-corrected chi connectivity index (χ1v) is 5.94. The Morgan fingerprint density at radius 1 is 1.42 bits per heavy atom. The first kappa shape index (κ1) is 14.9. The van der Waals surface area contributed by atoms with Gasteiger partial charge < -0.3 is 16.2 Å². The average molecular weight is 265 g/mol. The summed E-state index contributed by atoms with van der Waals surface area (Å²) < 4.78 is 0. The second-order valence-corrected chi connectivity index (χ2v) is 5.46. The number of nitrogens with zero attached hydrogens (tertiary/aromatic N) is 1. The molecule has 1 unspecified atom stereocenters. The second kappa shape index (κ2) is 5.69. The monoisotopic (exact) mass is 265 g/mol. The van der Waals surface area contributed by atoms with Gasteiger partial charge in [0.2, 0.25) is 5.91 Å². The SMILES string of the molecule is CC(C)(C)C(CC(=O)O)Nc1ccc(C(N)=O)cn1. The molecule has 1 aromatic heterocycles. The van der Waals surface area contributed by atoms with Gasteiger partial charge in [-0.25, -0.2) is 4.98 Å². The number of hydrogen-bond donors (Lipinski definition) is 3. The van der Waals surface area contributed by atoms with Crippen LogP contribution in [0.25, 0.3) is 0 Å². The third-order valence-corrected chi connectivity index (χ3v) is 2.79. The van der Waals surface area contributed by atoms with E-state index < -0.39 is 11.9 Å². The lowest BCUT2D eigenvalue weighted by atomic mass is 9.85. The zero-order valence-corrected chi connectivity index (χ0v) is 11.3. The molecule has 1 atom stereocenters. The second-order valence-electron chi connectivity index (χ2n) is 5.46. The lowest BCUT2D eigenvalue weighted by molar-refractivity contribution is -0.137. The Morgan fingerprint density at radius 2 is 2.05 bits per heavy atom. The Hall–Kier alpha value is -2.11. The normalized spacial score (nSPS) is 12.8. The first-order valence-electron chi connectivity index (χ1n) is 5.94. The van der Waals surface area contributed by atoms with E-state index in [9.17, 15) is 9.59 Å². The van der Waals surface area contributed by atoms with Gasteiger partial charge in [0.25, 0.3) is 0 Å². The molecular formula is C13H19N3O3. The molecule has 0 saturated heterocycles. The molecule has 0 bridgehead atoms. The summed E-state index contributed by atoms with van der Waals surface area (Å²) in [4.78, 5) is 25.8. The Labute approximate surface area is 112 Å². The smallest absolute Gasteiger partial charge is 0.305 e. The molecule has 0 radical (unpaired) electrons. The summed E-state index contributed by atoms with van der Waals surface area (Å²) in [6, 6.07) is 2.90. The zero-order chi connectivity index (χ0) is 14.6. The zero-order valence-electron chi connectivity index (χ0n) is 11.3. The number of rotatable bonds is 5. The number of carbonyl (C=O) groups excluding carboxylic acids is 1. The number of aromatic nitrogens is 1. The van der Waals surface area contributed by atoms with Crippen molar-refractivity contribution in [1.29, 1.82) is 0 Å². The molecule has 0 aromatic carbocycles. The van der Waals surface area contributed by atoms with Gasteiger partial charge in [-0.05, 0) is 17.5 Å². The van der Waals surface area contributed by atoms with E-state index in [-0.39, 0.29) is 17.9 Å². The third-order valence-electron chi connectivity index (χ3n) is 2.79. The van der Waals surface area contributed by atoms with Crippen LogP contribution in [-0.4, -0.2) is 28.0 Å². The number of carboxylic acid groups (broad SMARTS) is 1. The quantitative estimate of drug-likeness (QED) is 0.747. The van der Waals surface area contributed by atoms with Crippen LogP contribution in [0.1, 0.15) is 37.6 Å². The maximum atomic E-state index is 10.9. The molecule has 19 heavy (non-hydrogen) atoms. The molecule has 0 spiro atoms. The predicted octanol–water partition coefficient (Wildman–Crippen LogP) is 1.48. The number of anilines is 1. The van der Waals surface area contributed by atoms with Crippen LogP contribution in [0.4, 0.5) is 5.82 Å². The molecule has 1 aromatic rings. The molecular weight excluding hydrogens is 246 g/mol. The topological polar surface area (TPSA) is 105 Å². The van der Waals surface area contributed by atoms with Crippen molar-refractivity contribution in [1.82, 2.24) is 4.98 Å². The number of pyridine rings is 1. The van der Waals surface area contributed by atoms with E-state index in [2.05, 4.69) is 10.3 Å². The summed E-state index contributed by atoms with van der Waals surface area (Å²) in [5.74, 6) is -0.899. The van der Waals surface area contributed by atoms with Crippen LogP contribution in [0, 0.1) is 5.41 Å². The number of nitrogens with one attached hydrogen (secondary N) is 1. The van der Waals surface area contributed by atoms with Crippen LogP contribution < -0.4 is 11.1 Å². The van der Waals surface area contributed by atoms with E-state index in [0.29, 0.717) is 11.4 Å². The highest BCUT2D eigenvalue weighted by Crippen LogP contribution is 2.25. The molecule has 6 heteroatoms. The van der Waals surface area contributed by atoms with Crippen LogP contribution in [-0.2, 0) is 4.79 Å². The van der Waals surface area contributed by atoms with Crippen LogP contribution in [0.3, 0.4) is 0 Å². The molecule has 1 rings (SSSR count). The van der Waals surface area contributed by atoms with E-state index in [1.807, 2.05) is 20.8 Å².